The van der Waals surface area contributed by atoms with Gasteiger partial charge in [0.2, 0.25) is 5.91 Å². The number of nitrogen functional groups attached to an aromatic ring is 1. The van der Waals surface area contributed by atoms with Crippen molar-refractivity contribution in [1.82, 2.24) is 0 Å². The lowest BCUT2D eigenvalue weighted by molar-refractivity contribution is -0.410. The van der Waals surface area contributed by atoms with Crippen LogP contribution in [0.1, 0.15) is 18.1 Å². The molecule has 0 radical (unpaired) electrons. The second-order valence-corrected chi connectivity index (χ2v) is 5.81. The average molecular weight is 354 g/mol. The highest BCUT2D eigenvalue weighted by Gasteiger charge is 2.16. The van der Waals surface area contributed by atoms with Gasteiger partial charge < -0.3 is 10.1 Å². The molecule has 1 aromatic carbocycles. The van der Waals surface area contributed by atoms with Crippen molar-refractivity contribution in [3.63, 3.8) is 0 Å². The van der Waals surface area contributed by atoms with Crippen molar-refractivity contribution in [2.45, 2.75) is 11.9 Å². The molecule has 7 nitrogen and oxygen atoms in total. The summed E-state index contributed by atoms with van der Waals surface area (Å²) >= 11 is 1.13. The second-order valence-electron chi connectivity index (χ2n) is 4.83. The van der Waals surface area contributed by atoms with E-state index in [-0.39, 0.29) is 28.6 Å². The Morgan fingerprint density at radius 2 is 2.04 bits per heavy atom. The molecule has 1 heterocycles. The second kappa shape index (κ2) is 8.57. The largest absolute Gasteiger partial charge is 0.492 e. The number of thioether (sulfide) groups is 1. The van der Waals surface area contributed by atoms with Gasteiger partial charge in [-0.25, -0.2) is 4.98 Å². The normalized spacial score (nSPS) is 9.72. The molecule has 0 saturated carbocycles. The number of hydrogen-bond donors (Lipinski definition) is 2. The summed E-state index contributed by atoms with van der Waals surface area (Å²) in [6.45, 7) is 2.36. The summed E-state index contributed by atoms with van der Waals surface area (Å²) in [5.41, 5.74) is 6.76. The van der Waals surface area contributed by atoms with Crippen molar-refractivity contribution in [2.75, 3.05) is 23.4 Å². The number of aromatic nitrogens is 1. The molecule has 0 aliphatic heterocycles. The number of amides is 1. The molecule has 0 saturated heterocycles. The number of anilines is 2. The van der Waals surface area contributed by atoms with Gasteiger partial charge in [0.15, 0.2) is 5.03 Å². The first-order valence-electron chi connectivity index (χ1n) is 7.39. The van der Waals surface area contributed by atoms with E-state index < -0.39 is 0 Å². The number of nitriles is 2. The maximum atomic E-state index is 12.2. The molecule has 2 rings (SSSR count). The molecule has 0 atom stereocenters. The molecule has 0 spiro atoms. The quantitative estimate of drug-likeness (QED) is 0.764. The lowest BCUT2D eigenvalue weighted by Gasteiger charge is -2.11. The summed E-state index contributed by atoms with van der Waals surface area (Å²) in [5.74, 6) is 0.565. The van der Waals surface area contributed by atoms with Gasteiger partial charge in [-0.3, -0.25) is 10.5 Å². The van der Waals surface area contributed by atoms with Gasteiger partial charge in [0, 0.05) is 0 Å². The van der Waals surface area contributed by atoms with E-state index in [9.17, 15) is 10.1 Å². The number of carbonyl (C=O) groups excluding carboxylic acids is 1. The molecule has 0 bridgehead atoms. The number of ether oxygens (including phenoxy) is 1. The molecule has 4 N–H and O–H groups in total. The van der Waals surface area contributed by atoms with E-state index in [4.69, 9.17) is 15.7 Å². The van der Waals surface area contributed by atoms with Crippen LogP contribution >= 0.6 is 11.8 Å². The maximum Gasteiger partial charge on any atom is 0.289 e. The number of nitrogens with zero attached hydrogens (tertiary/aromatic N) is 2. The van der Waals surface area contributed by atoms with Crippen LogP contribution in [-0.4, -0.2) is 18.3 Å². The van der Waals surface area contributed by atoms with Crippen molar-refractivity contribution in [1.29, 1.82) is 10.5 Å². The van der Waals surface area contributed by atoms with E-state index in [0.717, 1.165) is 11.8 Å². The SMILES string of the molecule is CCOc1ccccc1NC(=O)CSc1[nH+]c(N)c(C#N)cc1C#N. The fraction of sp³-hybridized carbons (Fsp3) is 0.176. The third-order valence-corrected chi connectivity index (χ3v) is 4.14. The molecule has 126 valence electrons. The first kappa shape index (κ1) is 18.1. The first-order valence-corrected chi connectivity index (χ1v) is 8.38. The maximum absolute atomic E-state index is 12.2. The van der Waals surface area contributed by atoms with Crippen molar-refractivity contribution in [2.24, 2.45) is 0 Å². The van der Waals surface area contributed by atoms with E-state index >= 15 is 0 Å². The van der Waals surface area contributed by atoms with Gasteiger partial charge in [-0.1, -0.05) is 23.9 Å². The number of hydrogen-bond acceptors (Lipinski definition) is 6. The number of para-hydroxylation sites is 2. The average Bonchev–Trinajstić information content (AvgIpc) is 2.62. The highest BCUT2D eigenvalue weighted by molar-refractivity contribution is 7.99. The minimum Gasteiger partial charge on any atom is -0.492 e. The van der Waals surface area contributed by atoms with Gasteiger partial charge in [-0.15, -0.1) is 0 Å². The van der Waals surface area contributed by atoms with Crippen LogP contribution in [0.4, 0.5) is 11.5 Å². The van der Waals surface area contributed by atoms with Gasteiger partial charge in [-0.2, -0.15) is 10.5 Å². The molecule has 0 aliphatic rings. The van der Waals surface area contributed by atoms with E-state index in [1.165, 1.54) is 6.07 Å². The van der Waals surface area contributed by atoms with Gasteiger partial charge in [0.1, 0.15) is 29.0 Å². The van der Waals surface area contributed by atoms with Crippen LogP contribution in [-0.2, 0) is 4.79 Å². The van der Waals surface area contributed by atoms with E-state index in [1.807, 2.05) is 25.1 Å². The highest BCUT2D eigenvalue weighted by atomic mass is 32.2. The van der Waals surface area contributed by atoms with Crippen LogP contribution in [0.3, 0.4) is 0 Å². The Kier molecular flexibility index (Phi) is 6.21. The first-order chi connectivity index (χ1) is 12.1. The van der Waals surface area contributed by atoms with Crippen molar-refractivity contribution in [3.05, 3.63) is 41.5 Å². The Labute approximate surface area is 149 Å². The monoisotopic (exact) mass is 354 g/mol. The summed E-state index contributed by atoms with van der Waals surface area (Å²) in [4.78, 5) is 15.0. The van der Waals surface area contributed by atoms with Crippen LogP contribution in [0.15, 0.2) is 35.4 Å². The van der Waals surface area contributed by atoms with E-state index in [0.29, 0.717) is 23.1 Å². The molecule has 0 unspecified atom stereocenters. The van der Waals surface area contributed by atoms with Gasteiger partial charge >= 0.3 is 0 Å². The topological polar surface area (TPSA) is 126 Å². The zero-order chi connectivity index (χ0) is 18.2. The molecule has 0 aliphatic carbocycles. The van der Waals surface area contributed by atoms with Gasteiger partial charge in [-0.05, 0) is 25.1 Å². The molecular weight excluding hydrogens is 338 g/mol. The van der Waals surface area contributed by atoms with E-state index in [2.05, 4.69) is 10.3 Å². The number of carbonyl (C=O) groups is 1. The molecular formula is C17H16N5O2S+. The molecule has 2 aromatic rings. The lowest BCUT2D eigenvalue weighted by Crippen LogP contribution is -2.20. The van der Waals surface area contributed by atoms with E-state index in [1.54, 1.807) is 18.2 Å². The van der Waals surface area contributed by atoms with Gasteiger partial charge in [0.25, 0.3) is 5.82 Å². The van der Waals surface area contributed by atoms with Crippen LogP contribution < -0.4 is 20.8 Å². The molecule has 1 amide bonds. The van der Waals surface area contributed by atoms with Crippen molar-refractivity contribution in [3.8, 4) is 17.9 Å². The Balaban J connectivity index is 2.07. The number of nitrogens with one attached hydrogen (secondary N) is 2. The molecule has 8 heteroatoms. The Morgan fingerprint density at radius 3 is 2.72 bits per heavy atom. The van der Waals surface area contributed by atoms with Crippen LogP contribution in [0, 0.1) is 22.7 Å². The smallest absolute Gasteiger partial charge is 0.289 e. The predicted octanol–water partition coefficient (Wildman–Crippen LogP) is 1.96. The minimum atomic E-state index is -0.252. The fourth-order valence-corrected chi connectivity index (χ4v) is 2.80. The number of nitrogens with two attached hydrogens (primary N) is 1. The predicted molar refractivity (Wildman–Crippen MR) is 93.8 cm³/mol. The summed E-state index contributed by atoms with van der Waals surface area (Å²) < 4.78 is 5.46. The lowest BCUT2D eigenvalue weighted by atomic mass is 10.2. The zero-order valence-electron chi connectivity index (χ0n) is 13.5. The van der Waals surface area contributed by atoms with Crippen molar-refractivity contribution >= 4 is 29.2 Å². The highest BCUT2D eigenvalue weighted by Crippen LogP contribution is 2.25. The zero-order valence-corrected chi connectivity index (χ0v) is 14.3. The molecule has 0 fully saturated rings. The summed E-state index contributed by atoms with van der Waals surface area (Å²) in [5, 5.41) is 21.3. The fourth-order valence-electron chi connectivity index (χ4n) is 2.01. The van der Waals surface area contributed by atoms with Crippen LogP contribution in [0.25, 0.3) is 0 Å². The standard InChI is InChI=1S/C17H15N5O2S/c1-2-24-14-6-4-3-5-13(14)21-15(23)10-25-17-12(9-19)7-11(8-18)16(20)22-17/h3-7H,2,10H2,1H3,(H2,20,22)(H,21,23)/p+1. The van der Waals surface area contributed by atoms with Crippen LogP contribution in [0.5, 0.6) is 5.75 Å². The minimum absolute atomic E-state index is 0.0664. The number of H-pyrrole nitrogens is 1. The Hall–Kier alpha value is -3.23. The summed E-state index contributed by atoms with van der Waals surface area (Å²) in [6, 6.07) is 12.4. The Morgan fingerprint density at radius 1 is 1.32 bits per heavy atom. The third-order valence-electron chi connectivity index (χ3n) is 3.12. The Bertz CT molecular complexity index is 870. The summed E-state index contributed by atoms with van der Waals surface area (Å²) in [6.07, 6.45) is 0. The molecule has 1 aromatic heterocycles. The number of rotatable bonds is 6. The third kappa shape index (κ3) is 4.63. The summed E-state index contributed by atoms with van der Waals surface area (Å²) in [7, 11) is 0. The number of benzene rings is 1. The van der Waals surface area contributed by atoms with Crippen LogP contribution in [0.2, 0.25) is 0 Å². The number of aromatic amines is 1. The van der Waals surface area contributed by atoms with Crippen molar-refractivity contribution < 1.29 is 14.5 Å². The molecule has 25 heavy (non-hydrogen) atoms. The van der Waals surface area contributed by atoms with Gasteiger partial charge in [0.05, 0.1) is 18.0 Å². The number of pyridine rings is 1.